The molecule has 0 aromatic heterocycles. The van der Waals surface area contributed by atoms with Gasteiger partial charge in [-0.1, -0.05) is 20.3 Å². The lowest BCUT2D eigenvalue weighted by molar-refractivity contribution is 0.000416. The Kier molecular flexibility index (Phi) is 4.11. The minimum atomic E-state index is 0.307. The van der Waals surface area contributed by atoms with Gasteiger partial charge < -0.3 is 10.5 Å². The number of hydrogen-bond donors (Lipinski definition) is 1. The number of rotatable bonds is 2. The van der Waals surface area contributed by atoms with Gasteiger partial charge in [-0.15, -0.1) is 0 Å². The number of ether oxygens (including phenoxy) is 1. The van der Waals surface area contributed by atoms with Gasteiger partial charge in [-0.3, -0.25) is 4.90 Å². The zero-order valence-electron chi connectivity index (χ0n) is 11.6. The van der Waals surface area contributed by atoms with Gasteiger partial charge in [0.1, 0.15) is 0 Å². The van der Waals surface area contributed by atoms with E-state index in [2.05, 4.69) is 18.7 Å². The third kappa shape index (κ3) is 2.83. The molecular weight excluding hydrogens is 212 g/mol. The molecule has 0 aromatic carbocycles. The highest BCUT2D eigenvalue weighted by Crippen LogP contribution is 2.37. The van der Waals surface area contributed by atoms with Crippen molar-refractivity contribution in [1.82, 2.24) is 4.90 Å². The van der Waals surface area contributed by atoms with E-state index >= 15 is 0 Å². The summed E-state index contributed by atoms with van der Waals surface area (Å²) in [7, 11) is 1.83. The van der Waals surface area contributed by atoms with Crippen LogP contribution in [0.25, 0.3) is 0 Å². The first kappa shape index (κ1) is 13.3. The number of nitrogens with zero attached hydrogens (tertiary/aromatic N) is 1. The first-order chi connectivity index (χ1) is 8.04. The molecule has 0 bridgehead atoms. The summed E-state index contributed by atoms with van der Waals surface area (Å²) in [5, 5.41) is 0. The Labute approximate surface area is 106 Å². The molecule has 100 valence electrons. The number of methoxy groups -OCH3 is 1. The summed E-state index contributed by atoms with van der Waals surface area (Å²) in [6.45, 7) is 6.97. The average molecular weight is 240 g/mol. The van der Waals surface area contributed by atoms with Crippen molar-refractivity contribution < 1.29 is 4.74 Å². The molecule has 1 saturated heterocycles. The van der Waals surface area contributed by atoms with E-state index < -0.39 is 0 Å². The lowest BCUT2D eigenvalue weighted by atomic mass is 9.70. The first-order valence-electron chi connectivity index (χ1n) is 7.07. The quantitative estimate of drug-likeness (QED) is 0.802. The molecule has 0 spiro atoms. The molecule has 1 heterocycles. The molecule has 0 amide bonds. The van der Waals surface area contributed by atoms with Crippen molar-refractivity contribution in [1.29, 1.82) is 0 Å². The van der Waals surface area contributed by atoms with Gasteiger partial charge in [0.2, 0.25) is 0 Å². The molecule has 3 heteroatoms. The summed E-state index contributed by atoms with van der Waals surface area (Å²) in [4.78, 5) is 2.61. The monoisotopic (exact) mass is 240 g/mol. The molecular formula is C14H28N2O. The Bertz CT molecular complexity index is 247. The largest absolute Gasteiger partial charge is 0.381 e. The van der Waals surface area contributed by atoms with Crippen molar-refractivity contribution in [3.8, 4) is 0 Å². The van der Waals surface area contributed by atoms with E-state index in [1.54, 1.807) is 0 Å². The van der Waals surface area contributed by atoms with E-state index in [-0.39, 0.29) is 0 Å². The second kappa shape index (κ2) is 5.25. The number of nitrogens with two attached hydrogens (primary N) is 1. The van der Waals surface area contributed by atoms with Crippen LogP contribution in [0, 0.1) is 5.41 Å². The minimum Gasteiger partial charge on any atom is -0.381 e. The standard InChI is InChI=1S/C14H28N2O/c1-14(2)8-4-5-12(13(14)15)16-9-6-11(17-3)7-10-16/h11-13H,4-10,15H2,1-3H3. The average Bonchev–Trinajstić information content (AvgIpc) is 2.33. The van der Waals surface area contributed by atoms with Crippen LogP contribution < -0.4 is 5.73 Å². The molecule has 3 nitrogen and oxygen atoms in total. The normalized spacial score (nSPS) is 36.0. The van der Waals surface area contributed by atoms with Gasteiger partial charge in [-0.05, 0) is 31.1 Å². The fourth-order valence-corrected chi connectivity index (χ4v) is 3.49. The highest BCUT2D eigenvalue weighted by molar-refractivity contribution is 4.97. The molecule has 2 N–H and O–H groups in total. The summed E-state index contributed by atoms with van der Waals surface area (Å²) in [6, 6.07) is 0.923. The van der Waals surface area contributed by atoms with E-state index in [0.29, 0.717) is 23.6 Å². The van der Waals surface area contributed by atoms with Gasteiger partial charge in [0.25, 0.3) is 0 Å². The van der Waals surface area contributed by atoms with Crippen molar-refractivity contribution in [3.05, 3.63) is 0 Å². The zero-order valence-corrected chi connectivity index (χ0v) is 11.6. The molecule has 1 aliphatic carbocycles. The molecule has 0 aromatic rings. The van der Waals surface area contributed by atoms with Crippen molar-refractivity contribution in [2.24, 2.45) is 11.1 Å². The molecule has 0 radical (unpaired) electrons. The van der Waals surface area contributed by atoms with Crippen LogP contribution in [0.5, 0.6) is 0 Å². The van der Waals surface area contributed by atoms with E-state index in [1.807, 2.05) is 7.11 Å². The number of piperidine rings is 1. The maximum absolute atomic E-state index is 6.48. The summed E-state index contributed by atoms with van der Waals surface area (Å²) < 4.78 is 5.44. The van der Waals surface area contributed by atoms with Gasteiger partial charge >= 0.3 is 0 Å². The van der Waals surface area contributed by atoms with Crippen LogP contribution >= 0.6 is 0 Å². The third-order valence-corrected chi connectivity index (χ3v) is 4.92. The van der Waals surface area contributed by atoms with Crippen LogP contribution in [0.15, 0.2) is 0 Å². The van der Waals surface area contributed by atoms with Crippen molar-refractivity contribution in [2.45, 2.75) is 64.1 Å². The zero-order chi connectivity index (χ0) is 12.5. The molecule has 2 unspecified atom stereocenters. The summed E-state index contributed by atoms with van der Waals surface area (Å²) in [6.07, 6.45) is 6.69. The summed E-state index contributed by atoms with van der Waals surface area (Å²) in [5.41, 5.74) is 6.79. The molecule has 2 rings (SSSR count). The Balaban J connectivity index is 1.94. The fourth-order valence-electron chi connectivity index (χ4n) is 3.49. The van der Waals surface area contributed by atoms with Crippen molar-refractivity contribution >= 4 is 0 Å². The molecule has 17 heavy (non-hydrogen) atoms. The highest BCUT2D eigenvalue weighted by atomic mass is 16.5. The number of hydrogen-bond acceptors (Lipinski definition) is 3. The van der Waals surface area contributed by atoms with E-state index in [9.17, 15) is 0 Å². The molecule has 2 fully saturated rings. The lowest BCUT2D eigenvalue weighted by Crippen LogP contribution is -2.58. The predicted molar refractivity (Wildman–Crippen MR) is 71.0 cm³/mol. The van der Waals surface area contributed by atoms with Gasteiger partial charge in [-0.25, -0.2) is 0 Å². The van der Waals surface area contributed by atoms with Crippen molar-refractivity contribution in [2.75, 3.05) is 20.2 Å². The van der Waals surface area contributed by atoms with Crippen molar-refractivity contribution in [3.63, 3.8) is 0 Å². The Hall–Kier alpha value is -0.120. The van der Waals surface area contributed by atoms with E-state index in [4.69, 9.17) is 10.5 Å². The van der Waals surface area contributed by atoms with Gasteiger partial charge in [0.15, 0.2) is 0 Å². The Morgan fingerprint density at radius 3 is 2.41 bits per heavy atom. The fraction of sp³-hybridized carbons (Fsp3) is 1.00. The summed E-state index contributed by atoms with van der Waals surface area (Å²) >= 11 is 0. The van der Waals surface area contributed by atoms with E-state index in [0.717, 1.165) is 13.1 Å². The van der Waals surface area contributed by atoms with Crippen LogP contribution in [0.3, 0.4) is 0 Å². The van der Waals surface area contributed by atoms with Crippen LogP contribution in [-0.2, 0) is 4.74 Å². The smallest absolute Gasteiger partial charge is 0.0595 e. The highest BCUT2D eigenvalue weighted by Gasteiger charge is 2.39. The lowest BCUT2D eigenvalue weighted by Gasteiger charge is -2.48. The van der Waals surface area contributed by atoms with Crippen LogP contribution in [0.1, 0.15) is 46.0 Å². The third-order valence-electron chi connectivity index (χ3n) is 4.92. The second-order valence-corrected chi connectivity index (χ2v) is 6.44. The maximum atomic E-state index is 6.48. The molecule has 1 aliphatic heterocycles. The topological polar surface area (TPSA) is 38.5 Å². The van der Waals surface area contributed by atoms with E-state index in [1.165, 1.54) is 32.1 Å². The second-order valence-electron chi connectivity index (χ2n) is 6.44. The minimum absolute atomic E-state index is 0.307. The Morgan fingerprint density at radius 2 is 1.82 bits per heavy atom. The van der Waals surface area contributed by atoms with Crippen LogP contribution in [0.4, 0.5) is 0 Å². The molecule has 1 saturated carbocycles. The number of likely N-dealkylation sites (tertiary alicyclic amines) is 1. The van der Waals surface area contributed by atoms with Gasteiger partial charge in [-0.2, -0.15) is 0 Å². The Morgan fingerprint density at radius 1 is 1.18 bits per heavy atom. The summed E-state index contributed by atoms with van der Waals surface area (Å²) in [5.74, 6) is 0. The predicted octanol–water partition coefficient (Wildman–Crippen LogP) is 2.00. The van der Waals surface area contributed by atoms with Gasteiger partial charge in [0.05, 0.1) is 6.10 Å². The molecule has 2 atom stereocenters. The maximum Gasteiger partial charge on any atom is 0.0595 e. The molecule has 2 aliphatic rings. The SMILES string of the molecule is COC1CCN(C2CCCC(C)(C)C2N)CC1. The van der Waals surface area contributed by atoms with Crippen LogP contribution in [0.2, 0.25) is 0 Å². The first-order valence-corrected chi connectivity index (χ1v) is 7.07. The van der Waals surface area contributed by atoms with Crippen LogP contribution in [-0.4, -0.2) is 43.3 Å². The van der Waals surface area contributed by atoms with Gasteiger partial charge in [0, 0.05) is 32.3 Å².